The Labute approximate surface area is 156 Å². The molecular weight excluding hydrogens is 378 g/mol. The van der Waals surface area contributed by atoms with Crippen molar-refractivity contribution in [3.05, 3.63) is 67.3 Å². The van der Waals surface area contributed by atoms with Crippen molar-refractivity contribution in [2.24, 2.45) is 0 Å². The number of benzene rings is 1. The van der Waals surface area contributed by atoms with Crippen LogP contribution < -0.4 is 5.32 Å². The lowest BCUT2D eigenvalue weighted by molar-refractivity contribution is -0.387. The van der Waals surface area contributed by atoms with Gasteiger partial charge >= 0.3 is 0 Å². The van der Waals surface area contributed by atoms with Gasteiger partial charge in [-0.1, -0.05) is 17.8 Å². The van der Waals surface area contributed by atoms with Crippen molar-refractivity contribution < 1.29 is 9.72 Å². The van der Waals surface area contributed by atoms with Crippen molar-refractivity contribution >= 4 is 46.0 Å². The Morgan fingerprint density at radius 1 is 1.36 bits per heavy atom. The van der Waals surface area contributed by atoms with Gasteiger partial charge in [-0.3, -0.25) is 14.9 Å². The van der Waals surface area contributed by atoms with Gasteiger partial charge in [0, 0.05) is 27.6 Å². The summed E-state index contributed by atoms with van der Waals surface area (Å²) in [5, 5.41) is 18.0. The van der Waals surface area contributed by atoms with Gasteiger partial charge in [-0.05, 0) is 30.5 Å². The first-order chi connectivity index (χ1) is 12.0. The average Bonchev–Trinajstić information content (AvgIpc) is 3.24. The molecule has 2 heterocycles. The zero-order chi connectivity index (χ0) is 17.8. The molecule has 0 saturated carbocycles. The topological polar surface area (TPSA) is 85.1 Å². The molecule has 0 aliphatic heterocycles. The van der Waals surface area contributed by atoms with Gasteiger partial charge in [0.1, 0.15) is 0 Å². The fraction of sp³-hybridized carbons (Fsp3) is 0.125. The summed E-state index contributed by atoms with van der Waals surface area (Å²) in [5.74, 6) is -0.335. The molecule has 0 atom stereocenters. The highest BCUT2D eigenvalue weighted by Crippen LogP contribution is 2.36. The number of thiazole rings is 1. The fourth-order valence-corrected chi connectivity index (χ4v) is 4.57. The molecule has 128 valence electrons. The molecule has 0 saturated heterocycles. The number of thiophene rings is 1. The number of aryl methyl sites for hydroxylation is 1. The fourth-order valence-electron chi connectivity index (χ4n) is 2.04. The zero-order valence-electron chi connectivity index (χ0n) is 13.1. The molecule has 1 N–H and O–H groups in total. The summed E-state index contributed by atoms with van der Waals surface area (Å²) >= 11 is 4.21. The monoisotopic (exact) mass is 391 g/mol. The van der Waals surface area contributed by atoms with Crippen LogP contribution in [-0.4, -0.2) is 15.8 Å². The molecule has 0 spiro atoms. The number of amides is 1. The van der Waals surface area contributed by atoms with Crippen LogP contribution in [0.2, 0.25) is 0 Å². The highest BCUT2D eigenvalue weighted by atomic mass is 32.2. The number of nitro benzene ring substituents is 1. The third-order valence-corrected chi connectivity index (χ3v) is 6.21. The lowest BCUT2D eigenvalue weighted by atomic mass is 10.2. The van der Waals surface area contributed by atoms with Crippen LogP contribution in [-0.2, 0) is 6.54 Å². The first kappa shape index (κ1) is 17.6. The van der Waals surface area contributed by atoms with Crippen molar-refractivity contribution in [1.82, 2.24) is 10.3 Å². The molecule has 6 nitrogen and oxygen atoms in total. The van der Waals surface area contributed by atoms with E-state index in [1.165, 1.54) is 29.2 Å². The standard InChI is InChI=1S/C16H13N3O3S3/c1-10-9-24-16(18-10)25-14-5-4-11(7-13(14)19(21)22)15(20)17-8-12-3-2-6-23-12/h2-7,9H,8H2,1H3,(H,17,20). The number of rotatable bonds is 6. The van der Waals surface area contributed by atoms with Gasteiger partial charge in [-0.2, -0.15) is 0 Å². The highest BCUT2D eigenvalue weighted by molar-refractivity contribution is 8.01. The predicted molar refractivity (Wildman–Crippen MR) is 99.6 cm³/mol. The summed E-state index contributed by atoms with van der Waals surface area (Å²) in [6.07, 6.45) is 0. The number of carbonyl (C=O) groups excluding carboxylic acids is 1. The summed E-state index contributed by atoms with van der Waals surface area (Å²) in [7, 11) is 0. The second-order valence-electron chi connectivity index (χ2n) is 5.06. The van der Waals surface area contributed by atoms with Gasteiger partial charge in [0.2, 0.25) is 0 Å². The zero-order valence-corrected chi connectivity index (χ0v) is 15.5. The summed E-state index contributed by atoms with van der Waals surface area (Å²) in [4.78, 5) is 28.9. The van der Waals surface area contributed by atoms with Crippen LogP contribution in [0.25, 0.3) is 0 Å². The minimum atomic E-state index is -0.473. The Kier molecular flexibility index (Phi) is 5.47. The van der Waals surface area contributed by atoms with E-state index in [0.717, 1.165) is 14.9 Å². The van der Waals surface area contributed by atoms with Gasteiger partial charge in [0.05, 0.1) is 16.4 Å². The second kappa shape index (κ2) is 7.77. The van der Waals surface area contributed by atoms with Crippen LogP contribution in [0.1, 0.15) is 20.9 Å². The predicted octanol–water partition coefficient (Wildman–Crippen LogP) is 4.50. The first-order valence-corrected chi connectivity index (χ1v) is 9.79. The molecule has 25 heavy (non-hydrogen) atoms. The molecule has 9 heteroatoms. The Morgan fingerprint density at radius 2 is 2.20 bits per heavy atom. The van der Waals surface area contributed by atoms with Crippen LogP contribution in [0.15, 0.2) is 50.3 Å². The number of hydrogen-bond donors (Lipinski definition) is 1. The molecular formula is C16H13N3O3S3. The summed E-state index contributed by atoms with van der Waals surface area (Å²) < 4.78 is 0.732. The number of aromatic nitrogens is 1. The molecule has 0 bridgehead atoms. The third kappa shape index (κ3) is 4.44. The molecule has 1 aromatic carbocycles. The minimum absolute atomic E-state index is 0.0957. The van der Waals surface area contributed by atoms with Crippen LogP contribution >= 0.6 is 34.4 Å². The Bertz CT molecular complexity index is 906. The van der Waals surface area contributed by atoms with Crippen molar-refractivity contribution in [1.29, 1.82) is 0 Å². The van der Waals surface area contributed by atoms with E-state index in [1.54, 1.807) is 23.5 Å². The largest absolute Gasteiger partial charge is 0.347 e. The lowest BCUT2D eigenvalue weighted by Gasteiger charge is -2.06. The molecule has 1 amide bonds. The summed E-state index contributed by atoms with van der Waals surface area (Å²) in [6.45, 7) is 2.27. The Morgan fingerprint density at radius 3 is 2.84 bits per heavy atom. The Hall–Kier alpha value is -2.23. The van der Waals surface area contributed by atoms with Crippen molar-refractivity contribution in [2.45, 2.75) is 22.7 Å². The Balaban J connectivity index is 1.78. The van der Waals surface area contributed by atoms with E-state index in [1.807, 2.05) is 29.8 Å². The maximum absolute atomic E-state index is 12.2. The van der Waals surface area contributed by atoms with Crippen LogP contribution in [0.4, 0.5) is 5.69 Å². The first-order valence-electron chi connectivity index (χ1n) is 7.22. The van der Waals surface area contributed by atoms with E-state index < -0.39 is 4.92 Å². The summed E-state index contributed by atoms with van der Waals surface area (Å²) in [6, 6.07) is 8.33. The van der Waals surface area contributed by atoms with Crippen molar-refractivity contribution in [3.8, 4) is 0 Å². The van der Waals surface area contributed by atoms with Gasteiger partial charge in [0.25, 0.3) is 11.6 Å². The minimum Gasteiger partial charge on any atom is -0.347 e. The van der Waals surface area contributed by atoms with Gasteiger partial charge < -0.3 is 5.32 Å². The SMILES string of the molecule is Cc1csc(Sc2ccc(C(=O)NCc3cccs3)cc2[N+](=O)[O-])n1. The van der Waals surface area contributed by atoms with E-state index in [-0.39, 0.29) is 17.2 Å². The molecule has 0 aliphatic carbocycles. The smallest absolute Gasteiger partial charge is 0.284 e. The van der Waals surface area contributed by atoms with E-state index in [9.17, 15) is 14.9 Å². The van der Waals surface area contributed by atoms with Crippen molar-refractivity contribution in [3.63, 3.8) is 0 Å². The molecule has 2 aromatic heterocycles. The third-order valence-electron chi connectivity index (χ3n) is 3.22. The van der Waals surface area contributed by atoms with Crippen molar-refractivity contribution in [2.75, 3.05) is 0 Å². The number of carbonyl (C=O) groups is 1. The molecule has 0 aliphatic rings. The van der Waals surface area contributed by atoms with Crippen LogP contribution in [0.5, 0.6) is 0 Å². The normalized spacial score (nSPS) is 10.6. The van der Waals surface area contributed by atoms with E-state index in [4.69, 9.17) is 0 Å². The van der Waals surface area contributed by atoms with E-state index in [0.29, 0.717) is 11.4 Å². The van der Waals surface area contributed by atoms with Gasteiger partial charge in [0.15, 0.2) is 4.34 Å². The maximum Gasteiger partial charge on any atom is 0.284 e. The average molecular weight is 391 g/mol. The molecule has 3 aromatic rings. The maximum atomic E-state index is 12.2. The lowest BCUT2D eigenvalue weighted by Crippen LogP contribution is -2.22. The molecule has 0 unspecified atom stereocenters. The van der Waals surface area contributed by atoms with Gasteiger partial charge in [-0.15, -0.1) is 22.7 Å². The summed E-state index contributed by atoms with van der Waals surface area (Å²) in [5.41, 5.74) is 1.05. The van der Waals surface area contributed by atoms with Crippen LogP contribution in [0, 0.1) is 17.0 Å². The number of hydrogen-bond acceptors (Lipinski definition) is 7. The number of nitrogens with zero attached hydrogens (tertiary/aromatic N) is 2. The molecule has 3 rings (SSSR count). The number of nitrogens with one attached hydrogen (secondary N) is 1. The van der Waals surface area contributed by atoms with E-state index in [2.05, 4.69) is 10.3 Å². The highest BCUT2D eigenvalue weighted by Gasteiger charge is 2.19. The molecule has 0 radical (unpaired) electrons. The second-order valence-corrected chi connectivity index (χ2v) is 8.24. The molecule has 0 fully saturated rings. The van der Waals surface area contributed by atoms with E-state index >= 15 is 0 Å². The number of nitro groups is 1. The van der Waals surface area contributed by atoms with Gasteiger partial charge in [-0.25, -0.2) is 4.98 Å². The van der Waals surface area contributed by atoms with Crippen LogP contribution in [0.3, 0.4) is 0 Å². The quantitative estimate of drug-likeness (QED) is 0.494.